The predicted octanol–water partition coefficient (Wildman–Crippen LogP) is 2.05. The number of pyridine rings is 1. The molecule has 1 aromatic rings. The summed E-state index contributed by atoms with van der Waals surface area (Å²) in [4.78, 5) is 12.6. The van der Waals surface area contributed by atoms with E-state index in [4.69, 9.17) is 9.47 Å². The van der Waals surface area contributed by atoms with Crippen LogP contribution in [0, 0.1) is 6.92 Å². The van der Waals surface area contributed by atoms with E-state index in [1.807, 2.05) is 24.6 Å². The predicted molar refractivity (Wildman–Crippen MR) is 70.0 cm³/mol. The standard InChI is InChI=1S/C13H17BrNO3/c1-8-9(14)7-15-6-5-13(2,18-4)12(16)10(15)11(8)17-3/h7H,5-6H2,1-4H3/q+1. The highest BCUT2D eigenvalue weighted by Crippen LogP contribution is 2.33. The van der Waals surface area contributed by atoms with Gasteiger partial charge in [0, 0.05) is 19.1 Å². The fourth-order valence-corrected chi connectivity index (χ4v) is 2.69. The molecule has 1 aliphatic heterocycles. The van der Waals surface area contributed by atoms with Crippen LogP contribution >= 0.6 is 15.9 Å². The second-order valence-electron chi connectivity index (χ2n) is 4.69. The van der Waals surface area contributed by atoms with Crippen LogP contribution < -0.4 is 9.30 Å². The Hall–Kier alpha value is -0.940. The van der Waals surface area contributed by atoms with Crippen LogP contribution in [0.4, 0.5) is 0 Å². The molecule has 1 atom stereocenters. The van der Waals surface area contributed by atoms with Crippen LogP contribution in [-0.4, -0.2) is 25.6 Å². The Kier molecular flexibility index (Phi) is 3.47. The van der Waals surface area contributed by atoms with Crippen LogP contribution in [0.5, 0.6) is 5.75 Å². The summed E-state index contributed by atoms with van der Waals surface area (Å²) in [5.41, 5.74) is 0.763. The van der Waals surface area contributed by atoms with Gasteiger partial charge in [-0.05, 0) is 29.8 Å². The average Bonchev–Trinajstić information content (AvgIpc) is 2.37. The first-order chi connectivity index (χ1) is 8.44. The van der Waals surface area contributed by atoms with Crippen LogP contribution in [0.15, 0.2) is 10.7 Å². The van der Waals surface area contributed by atoms with Gasteiger partial charge in [-0.25, -0.2) is 0 Å². The molecule has 0 N–H and O–H groups in total. The number of rotatable bonds is 2. The number of carbonyl (C=O) groups is 1. The van der Waals surface area contributed by atoms with Gasteiger partial charge >= 0.3 is 0 Å². The molecule has 0 radical (unpaired) electrons. The number of ketones is 1. The number of halogens is 1. The average molecular weight is 315 g/mol. The summed E-state index contributed by atoms with van der Waals surface area (Å²) in [5, 5.41) is 0. The summed E-state index contributed by atoms with van der Waals surface area (Å²) in [5.74, 6) is 0.598. The molecule has 5 heteroatoms. The molecule has 1 aromatic heterocycles. The maximum atomic E-state index is 12.6. The Bertz CT molecular complexity index is 515. The maximum Gasteiger partial charge on any atom is 0.294 e. The number of fused-ring (bicyclic) bond motifs is 1. The highest BCUT2D eigenvalue weighted by Gasteiger charge is 2.46. The highest BCUT2D eigenvalue weighted by atomic mass is 79.9. The number of Topliss-reactive ketones (excluding diaryl/α,β-unsaturated/α-hetero) is 1. The number of carbonyl (C=O) groups excluding carboxylic acids is 1. The number of ether oxygens (including phenoxy) is 2. The fourth-order valence-electron chi connectivity index (χ4n) is 2.27. The van der Waals surface area contributed by atoms with E-state index in [-0.39, 0.29) is 5.78 Å². The van der Waals surface area contributed by atoms with Gasteiger partial charge in [0.05, 0.1) is 11.6 Å². The van der Waals surface area contributed by atoms with E-state index in [2.05, 4.69) is 15.9 Å². The third-order valence-corrected chi connectivity index (χ3v) is 4.45. The van der Waals surface area contributed by atoms with Crippen molar-refractivity contribution in [1.29, 1.82) is 0 Å². The molecule has 1 aliphatic rings. The third kappa shape index (κ3) is 1.86. The largest absolute Gasteiger partial charge is 0.490 e. The first-order valence-electron chi connectivity index (χ1n) is 5.81. The second kappa shape index (κ2) is 4.63. The Morgan fingerprint density at radius 2 is 2.11 bits per heavy atom. The minimum Gasteiger partial charge on any atom is -0.490 e. The lowest BCUT2D eigenvalue weighted by molar-refractivity contribution is -0.705. The molecular formula is C13H17BrNO3+. The number of methoxy groups -OCH3 is 2. The molecule has 0 amide bonds. The zero-order chi connectivity index (χ0) is 13.5. The molecule has 98 valence electrons. The van der Waals surface area contributed by atoms with Gasteiger partial charge in [-0.15, -0.1) is 0 Å². The number of hydrogen-bond donors (Lipinski definition) is 0. The van der Waals surface area contributed by atoms with Crippen LogP contribution in [0.3, 0.4) is 0 Å². The lowest BCUT2D eigenvalue weighted by atomic mass is 9.89. The van der Waals surface area contributed by atoms with Crippen molar-refractivity contribution in [2.45, 2.75) is 32.4 Å². The topological polar surface area (TPSA) is 39.4 Å². The van der Waals surface area contributed by atoms with E-state index in [1.165, 1.54) is 0 Å². The zero-order valence-electron chi connectivity index (χ0n) is 11.0. The van der Waals surface area contributed by atoms with Crippen LogP contribution in [0.25, 0.3) is 0 Å². The van der Waals surface area contributed by atoms with Crippen molar-refractivity contribution in [3.63, 3.8) is 0 Å². The monoisotopic (exact) mass is 314 g/mol. The van der Waals surface area contributed by atoms with Gasteiger partial charge in [-0.3, -0.25) is 4.79 Å². The molecule has 2 rings (SSSR count). The van der Waals surface area contributed by atoms with Crippen molar-refractivity contribution >= 4 is 21.7 Å². The second-order valence-corrected chi connectivity index (χ2v) is 5.55. The summed E-state index contributed by atoms with van der Waals surface area (Å²) in [6.07, 6.45) is 2.60. The minimum absolute atomic E-state index is 0.0244. The molecule has 1 unspecified atom stereocenters. The van der Waals surface area contributed by atoms with E-state index in [9.17, 15) is 4.79 Å². The summed E-state index contributed by atoms with van der Waals surface area (Å²) in [6.45, 7) is 4.49. The zero-order valence-corrected chi connectivity index (χ0v) is 12.6. The van der Waals surface area contributed by atoms with E-state index in [1.54, 1.807) is 14.2 Å². The fraction of sp³-hybridized carbons (Fsp3) is 0.538. The molecule has 4 nitrogen and oxygen atoms in total. The normalized spacial score (nSPS) is 22.8. The summed E-state index contributed by atoms with van der Waals surface area (Å²) in [6, 6.07) is 0. The number of hydrogen-bond acceptors (Lipinski definition) is 3. The van der Waals surface area contributed by atoms with Crippen molar-refractivity contribution in [2.75, 3.05) is 14.2 Å². The molecule has 2 heterocycles. The van der Waals surface area contributed by atoms with Crippen molar-refractivity contribution in [2.24, 2.45) is 0 Å². The molecule has 18 heavy (non-hydrogen) atoms. The van der Waals surface area contributed by atoms with Crippen molar-refractivity contribution < 1.29 is 18.8 Å². The summed E-state index contributed by atoms with van der Waals surface area (Å²) in [7, 11) is 3.16. The molecule has 0 aliphatic carbocycles. The number of nitrogens with zero attached hydrogens (tertiary/aromatic N) is 1. The van der Waals surface area contributed by atoms with E-state index >= 15 is 0 Å². The Morgan fingerprint density at radius 3 is 2.67 bits per heavy atom. The van der Waals surface area contributed by atoms with Gasteiger partial charge in [-0.2, -0.15) is 4.57 Å². The van der Waals surface area contributed by atoms with Crippen molar-refractivity contribution in [3.05, 3.63) is 21.9 Å². The van der Waals surface area contributed by atoms with Gasteiger partial charge in [0.1, 0.15) is 5.60 Å². The van der Waals surface area contributed by atoms with Crippen molar-refractivity contribution in [1.82, 2.24) is 0 Å². The van der Waals surface area contributed by atoms with Crippen LogP contribution in [-0.2, 0) is 11.3 Å². The molecule has 0 saturated carbocycles. The van der Waals surface area contributed by atoms with Gasteiger partial charge in [0.2, 0.25) is 0 Å². The molecular weight excluding hydrogens is 298 g/mol. The first kappa shape index (κ1) is 13.5. The Morgan fingerprint density at radius 1 is 1.44 bits per heavy atom. The Balaban J connectivity index is 2.67. The number of aromatic nitrogens is 1. The van der Waals surface area contributed by atoms with E-state index < -0.39 is 5.60 Å². The van der Waals surface area contributed by atoms with Gasteiger partial charge in [-0.1, -0.05) is 0 Å². The van der Waals surface area contributed by atoms with Crippen LogP contribution in [0.2, 0.25) is 0 Å². The van der Waals surface area contributed by atoms with Crippen molar-refractivity contribution in [3.8, 4) is 5.75 Å². The minimum atomic E-state index is -0.756. The molecule has 0 aromatic carbocycles. The summed E-state index contributed by atoms with van der Waals surface area (Å²) >= 11 is 3.49. The van der Waals surface area contributed by atoms with E-state index in [0.717, 1.165) is 16.6 Å². The quantitative estimate of drug-likeness (QED) is 0.784. The molecule has 0 spiro atoms. The molecule has 0 saturated heterocycles. The van der Waals surface area contributed by atoms with Gasteiger partial charge in [0.15, 0.2) is 18.5 Å². The van der Waals surface area contributed by atoms with Gasteiger partial charge < -0.3 is 9.47 Å². The first-order valence-corrected chi connectivity index (χ1v) is 6.60. The molecule has 0 bridgehead atoms. The van der Waals surface area contributed by atoms with Crippen LogP contribution in [0.1, 0.15) is 29.4 Å². The number of aryl methyl sites for hydroxylation is 1. The lowest BCUT2D eigenvalue weighted by Crippen LogP contribution is -2.55. The maximum absolute atomic E-state index is 12.6. The molecule has 0 fully saturated rings. The SMILES string of the molecule is COc1c(C)c(Br)c[n+]2c1C(=O)C(C)(OC)CC2. The smallest absolute Gasteiger partial charge is 0.294 e. The van der Waals surface area contributed by atoms with Gasteiger partial charge in [0.25, 0.3) is 11.5 Å². The Labute approximate surface area is 115 Å². The summed E-state index contributed by atoms with van der Waals surface area (Å²) < 4.78 is 13.7. The lowest BCUT2D eigenvalue weighted by Gasteiger charge is -2.29. The van der Waals surface area contributed by atoms with E-state index in [0.29, 0.717) is 17.9 Å². The highest BCUT2D eigenvalue weighted by molar-refractivity contribution is 9.10. The third-order valence-electron chi connectivity index (χ3n) is 3.65.